The number of rotatable bonds is 3. The highest BCUT2D eigenvalue weighted by molar-refractivity contribution is 6.31. The first-order valence-electron chi connectivity index (χ1n) is 5.41. The van der Waals surface area contributed by atoms with Crippen molar-refractivity contribution in [2.45, 2.75) is 18.9 Å². The van der Waals surface area contributed by atoms with Gasteiger partial charge in [-0.1, -0.05) is 11.6 Å². The maximum absolute atomic E-state index is 10.9. The molecular weight excluding hydrogens is 244 g/mol. The van der Waals surface area contributed by atoms with Gasteiger partial charge in [0, 0.05) is 12.7 Å². The van der Waals surface area contributed by atoms with E-state index in [9.17, 15) is 4.79 Å². The number of halogens is 1. The average molecular weight is 257 g/mol. The molecule has 2 heterocycles. The average Bonchev–Trinajstić information content (AvgIpc) is 2.76. The highest BCUT2D eigenvalue weighted by Crippen LogP contribution is 2.22. The third-order valence-electron chi connectivity index (χ3n) is 2.76. The van der Waals surface area contributed by atoms with E-state index in [2.05, 4.69) is 4.98 Å². The lowest BCUT2D eigenvalue weighted by Crippen LogP contribution is -2.38. The van der Waals surface area contributed by atoms with E-state index in [1.54, 1.807) is 18.3 Å². The van der Waals surface area contributed by atoms with Gasteiger partial charge in [0.25, 0.3) is 0 Å². The number of nitrogens with zero attached hydrogens (tertiary/aromatic N) is 2. The molecule has 1 aliphatic rings. The molecule has 92 valence electrons. The molecule has 0 aromatic carbocycles. The van der Waals surface area contributed by atoms with Crippen LogP contribution in [0.25, 0.3) is 0 Å². The molecule has 0 radical (unpaired) electrons. The molecule has 1 amide bonds. The van der Waals surface area contributed by atoms with Crippen molar-refractivity contribution >= 4 is 17.7 Å². The van der Waals surface area contributed by atoms with Crippen LogP contribution < -0.4 is 4.74 Å². The Bertz CT molecular complexity index is 413. The summed E-state index contributed by atoms with van der Waals surface area (Å²) in [6.07, 6.45) is 2.38. The van der Waals surface area contributed by atoms with E-state index in [0.717, 1.165) is 12.8 Å². The molecule has 6 heteroatoms. The van der Waals surface area contributed by atoms with Gasteiger partial charge in [-0.05, 0) is 25.0 Å². The van der Waals surface area contributed by atoms with Gasteiger partial charge in [-0.2, -0.15) is 0 Å². The molecule has 1 atom stereocenters. The van der Waals surface area contributed by atoms with Gasteiger partial charge in [0.15, 0.2) is 0 Å². The Morgan fingerprint density at radius 2 is 2.53 bits per heavy atom. The van der Waals surface area contributed by atoms with Crippen molar-refractivity contribution in [3.05, 3.63) is 23.4 Å². The highest BCUT2D eigenvalue weighted by Gasteiger charge is 2.29. The molecule has 0 spiro atoms. The van der Waals surface area contributed by atoms with Crippen LogP contribution in [0.4, 0.5) is 4.79 Å². The van der Waals surface area contributed by atoms with Gasteiger partial charge in [0.1, 0.15) is 11.6 Å². The number of ether oxygens (including phenoxy) is 1. The summed E-state index contributed by atoms with van der Waals surface area (Å²) in [5.41, 5.74) is 0. The van der Waals surface area contributed by atoms with E-state index in [4.69, 9.17) is 21.4 Å². The second-order valence-electron chi connectivity index (χ2n) is 3.87. The SMILES string of the molecule is O=C(O)N1CCC[C@@H]1COc1ncccc1Cl. The lowest BCUT2D eigenvalue weighted by molar-refractivity contribution is 0.122. The summed E-state index contributed by atoms with van der Waals surface area (Å²) < 4.78 is 5.45. The van der Waals surface area contributed by atoms with Gasteiger partial charge in [-0.3, -0.25) is 0 Å². The lowest BCUT2D eigenvalue weighted by Gasteiger charge is -2.21. The first-order chi connectivity index (χ1) is 8.18. The molecule has 2 rings (SSSR count). The normalized spacial score (nSPS) is 19.4. The molecule has 0 saturated carbocycles. The summed E-state index contributed by atoms with van der Waals surface area (Å²) in [5.74, 6) is 0.353. The third kappa shape index (κ3) is 2.79. The first-order valence-corrected chi connectivity index (χ1v) is 5.79. The van der Waals surface area contributed by atoms with Gasteiger partial charge in [-0.15, -0.1) is 0 Å². The molecule has 1 aromatic rings. The van der Waals surface area contributed by atoms with Crippen LogP contribution in [0.3, 0.4) is 0 Å². The fraction of sp³-hybridized carbons (Fsp3) is 0.455. The van der Waals surface area contributed by atoms with Gasteiger partial charge < -0.3 is 14.7 Å². The largest absolute Gasteiger partial charge is 0.474 e. The summed E-state index contributed by atoms with van der Waals surface area (Å²) in [7, 11) is 0. The number of carboxylic acid groups (broad SMARTS) is 1. The number of likely N-dealkylation sites (tertiary alicyclic amines) is 1. The molecule has 1 aromatic heterocycles. The van der Waals surface area contributed by atoms with Gasteiger partial charge in [0.2, 0.25) is 5.88 Å². The van der Waals surface area contributed by atoms with Crippen molar-refractivity contribution in [2.75, 3.05) is 13.2 Å². The van der Waals surface area contributed by atoms with E-state index in [-0.39, 0.29) is 6.04 Å². The van der Waals surface area contributed by atoms with Crippen LogP contribution in [-0.2, 0) is 0 Å². The van der Waals surface area contributed by atoms with Gasteiger partial charge in [0.05, 0.1) is 6.04 Å². The number of pyridine rings is 1. The molecule has 0 aliphatic carbocycles. The van der Waals surface area contributed by atoms with Crippen molar-refractivity contribution in [3.63, 3.8) is 0 Å². The predicted octanol–water partition coefficient (Wildman–Crippen LogP) is 2.26. The van der Waals surface area contributed by atoms with Crippen LogP contribution in [0.1, 0.15) is 12.8 Å². The lowest BCUT2D eigenvalue weighted by atomic mass is 10.2. The Morgan fingerprint density at radius 3 is 3.24 bits per heavy atom. The number of amides is 1. The molecule has 17 heavy (non-hydrogen) atoms. The number of hydrogen-bond acceptors (Lipinski definition) is 3. The molecule has 5 nitrogen and oxygen atoms in total. The Hall–Kier alpha value is -1.49. The van der Waals surface area contributed by atoms with E-state index >= 15 is 0 Å². The Kier molecular flexibility index (Phi) is 3.68. The molecule has 0 bridgehead atoms. The van der Waals surface area contributed by atoms with Crippen LogP contribution in [0.5, 0.6) is 5.88 Å². The molecule has 1 saturated heterocycles. The topological polar surface area (TPSA) is 62.7 Å². The van der Waals surface area contributed by atoms with Crippen LogP contribution in [0.15, 0.2) is 18.3 Å². The van der Waals surface area contributed by atoms with Crippen molar-refractivity contribution < 1.29 is 14.6 Å². The number of carbonyl (C=O) groups is 1. The molecular formula is C11H13ClN2O3. The fourth-order valence-electron chi connectivity index (χ4n) is 1.91. The molecule has 1 N–H and O–H groups in total. The smallest absolute Gasteiger partial charge is 0.407 e. The van der Waals surface area contributed by atoms with Crippen molar-refractivity contribution in [1.29, 1.82) is 0 Å². The fourth-order valence-corrected chi connectivity index (χ4v) is 2.09. The maximum atomic E-state index is 10.9. The Labute approximate surface area is 104 Å². The van der Waals surface area contributed by atoms with Crippen LogP contribution in [0, 0.1) is 0 Å². The van der Waals surface area contributed by atoms with Crippen molar-refractivity contribution in [2.24, 2.45) is 0 Å². The van der Waals surface area contributed by atoms with Gasteiger partial charge >= 0.3 is 6.09 Å². The zero-order valence-electron chi connectivity index (χ0n) is 9.17. The van der Waals surface area contributed by atoms with E-state index in [0.29, 0.717) is 24.1 Å². The standard InChI is InChI=1S/C11H13ClN2O3/c12-9-4-1-5-13-10(9)17-7-8-3-2-6-14(8)11(15)16/h1,4-5,8H,2-3,6-7H2,(H,15,16)/t8-/m1/s1. The summed E-state index contributed by atoms with van der Waals surface area (Å²) in [6.45, 7) is 0.863. The quantitative estimate of drug-likeness (QED) is 0.901. The van der Waals surface area contributed by atoms with Crippen molar-refractivity contribution in [3.8, 4) is 5.88 Å². The Morgan fingerprint density at radius 1 is 1.71 bits per heavy atom. The third-order valence-corrected chi connectivity index (χ3v) is 3.05. The Balaban J connectivity index is 1.94. The molecule has 1 fully saturated rings. The van der Waals surface area contributed by atoms with E-state index < -0.39 is 6.09 Å². The van der Waals surface area contributed by atoms with Crippen LogP contribution >= 0.6 is 11.6 Å². The minimum atomic E-state index is -0.900. The van der Waals surface area contributed by atoms with Gasteiger partial charge in [-0.25, -0.2) is 9.78 Å². The summed E-state index contributed by atoms with van der Waals surface area (Å²) in [4.78, 5) is 16.3. The second-order valence-corrected chi connectivity index (χ2v) is 4.28. The molecule has 1 aliphatic heterocycles. The predicted molar refractivity (Wildman–Crippen MR) is 62.5 cm³/mol. The zero-order valence-corrected chi connectivity index (χ0v) is 9.93. The summed E-state index contributed by atoms with van der Waals surface area (Å²) in [5, 5.41) is 9.40. The van der Waals surface area contributed by atoms with E-state index in [1.165, 1.54) is 4.90 Å². The molecule has 0 unspecified atom stereocenters. The van der Waals surface area contributed by atoms with E-state index in [1.807, 2.05) is 0 Å². The first kappa shape index (κ1) is 12.0. The second kappa shape index (κ2) is 5.23. The minimum Gasteiger partial charge on any atom is -0.474 e. The summed E-state index contributed by atoms with van der Waals surface area (Å²) in [6, 6.07) is 3.30. The maximum Gasteiger partial charge on any atom is 0.407 e. The highest BCUT2D eigenvalue weighted by atomic mass is 35.5. The summed E-state index contributed by atoms with van der Waals surface area (Å²) >= 11 is 5.89. The number of hydrogen-bond donors (Lipinski definition) is 1. The van der Waals surface area contributed by atoms with Crippen molar-refractivity contribution in [1.82, 2.24) is 9.88 Å². The number of aromatic nitrogens is 1. The van der Waals surface area contributed by atoms with Crippen LogP contribution in [-0.4, -0.2) is 40.3 Å². The minimum absolute atomic E-state index is 0.106. The monoisotopic (exact) mass is 256 g/mol. The zero-order chi connectivity index (χ0) is 12.3. The van der Waals surface area contributed by atoms with Crippen LogP contribution in [0.2, 0.25) is 5.02 Å².